The molecule has 0 aliphatic carbocycles. The van der Waals surface area contributed by atoms with Gasteiger partial charge in [0.05, 0.1) is 39.9 Å². The van der Waals surface area contributed by atoms with Crippen molar-refractivity contribution in [1.82, 2.24) is 5.32 Å². The first kappa shape index (κ1) is 62.7. The number of carbonyl (C=O) groups excluding carboxylic acids is 1. The van der Waals surface area contributed by atoms with E-state index in [1.165, 1.54) is 109 Å². The van der Waals surface area contributed by atoms with Gasteiger partial charge in [0, 0.05) is 6.42 Å². The monoisotopic (exact) mass is 929 g/mol. The molecule has 0 radical (unpaired) electrons. The maximum atomic E-state index is 12.9. The van der Waals surface area contributed by atoms with Crippen molar-refractivity contribution in [3.8, 4) is 0 Å². The van der Waals surface area contributed by atoms with Crippen LogP contribution in [0, 0.1) is 0 Å². The zero-order chi connectivity index (χ0) is 47.8. The summed E-state index contributed by atoms with van der Waals surface area (Å²) < 4.78 is 23.3. The molecule has 3 atom stereocenters. The summed E-state index contributed by atoms with van der Waals surface area (Å²) in [7, 11) is 1.22. The molecule has 0 spiro atoms. The molecule has 0 aromatic heterocycles. The first-order chi connectivity index (χ1) is 31.5. The summed E-state index contributed by atoms with van der Waals surface area (Å²) >= 11 is 0. The highest BCUT2D eigenvalue weighted by atomic mass is 31.2. The van der Waals surface area contributed by atoms with Gasteiger partial charge in [-0.2, -0.15) is 0 Å². The molecule has 2 N–H and O–H groups in total. The van der Waals surface area contributed by atoms with Crippen LogP contribution >= 0.6 is 7.82 Å². The first-order valence-corrected chi connectivity index (χ1v) is 27.9. The van der Waals surface area contributed by atoms with Crippen LogP contribution < -0.4 is 10.2 Å². The Balaban J connectivity index is 4.38. The minimum atomic E-state index is -4.61. The molecule has 0 aromatic carbocycles. The van der Waals surface area contributed by atoms with Gasteiger partial charge < -0.3 is 28.8 Å². The van der Waals surface area contributed by atoms with Gasteiger partial charge in [-0.05, 0) is 77.0 Å². The van der Waals surface area contributed by atoms with Crippen molar-refractivity contribution >= 4 is 13.7 Å². The Morgan fingerprint density at radius 2 is 0.954 bits per heavy atom. The third kappa shape index (κ3) is 49.4. The van der Waals surface area contributed by atoms with Gasteiger partial charge in [0.25, 0.3) is 7.82 Å². The molecule has 65 heavy (non-hydrogen) atoms. The van der Waals surface area contributed by atoms with Gasteiger partial charge >= 0.3 is 0 Å². The number of rotatable bonds is 47. The molecule has 0 heterocycles. The van der Waals surface area contributed by atoms with Gasteiger partial charge in [-0.25, -0.2) is 0 Å². The molecule has 8 nitrogen and oxygen atoms in total. The minimum absolute atomic E-state index is 0.0129. The highest BCUT2D eigenvalue weighted by Crippen LogP contribution is 2.38. The van der Waals surface area contributed by atoms with Crippen LogP contribution in [-0.4, -0.2) is 68.5 Å². The molecule has 0 fully saturated rings. The van der Waals surface area contributed by atoms with Crippen molar-refractivity contribution in [1.29, 1.82) is 0 Å². The van der Waals surface area contributed by atoms with Crippen LogP contribution in [0.15, 0.2) is 85.1 Å². The summed E-state index contributed by atoms with van der Waals surface area (Å²) in [6, 6.07) is -0.915. The van der Waals surface area contributed by atoms with Gasteiger partial charge in [-0.3, -0.25) is 9.36 Å². The molecule has 0 aliphatic heterocycles. The van der Waals surface area contributed by atoms with Gasteiger partial charge in [-0.15, -0.1) is 0 Å². The van der Waals surface area contributed by atoms with Crippen LogP contribution in [-0.2, 0) is 18.4 Å². The first-order valence-electron chi connectivity index (χ1n) is 26.4. The van der Waals surface area contributed by atoms with Crippen LogP contribution in [0.2, 0.25) is 0 Å². The standard InChI is InChI=1S/C56H101N2O6P/c1-6-8-10-12-14-16-18-20-22-24-26-28-29-30-32-34-36-38-40-42-44-46-48-50-56(60)57-54(53-64-65(61,62)63-52-51-58(3,4)5)55(59)49-47-45-43-41-39-37-35-33-31-27-25-23-21-19-17-15-13-11-9-7-2/h8,10,14,16,20,22,26,28,30,32,39,41,47,49,54-55,59H,6-7,9,11-13,15,17-19,21,23-25,27,29,31,33-38,40,42-46,48,50-53H2,1-5H3,(H-,57,60,61,62)/b10-8-,16-14-,22-20-,28-26-,32-30-,41-39+,49-47+. The molecule has 376 valence electrons. The lowest BCUT2D eigenvalue weighted by molar-refractivity contribution is -0.870. The van der Waals surface area contributed by atoms with Crippen molar-refractivity contribution in [2.75, 3.05) is 40.9 Å². The average Bonchev–Trinajstić information content (AvgIpc) is 3.26. The van der Waals surface area contributed by atoms with Crippen LogP contribution in [0.25, 0.3) is 0 Å². The highest BCUT2D eigenvalue weighted by molar-refractivity contribution is 7.45. The van der Waals surface area contributed by atoms with Gasteiger partial charge in [0.2, 0.25) is 5.91 Å². The predicted octanol–water partition coefficient (Wildman–Crippen LogP) is 15.1. The number of nitrogens with one attached hydrogen (secondary N) is 1. The van der Waals surface area contributed by atoms with Crippen molar-refractivity contribution in [2.24, 2.45) is 0 Å². The second kappa shape index (κ2) is 46.8. The molecule has 9 heteroatoms. The normalized spacial score (nSPS) is 14.8. The quantitative estimate of drug-likeness (QED) is 0.0272. The fourth-order valence-corrected chi connectivity index (χ4v) is 7.92. The summed E-state index contributed by atoms with van der Waals surface area (Å²) in [5.41, 5.74) is 0. The topological polar surface area (TPSA) is 108 Å². The second-order valence-electron chi connectivity index (χ2n) is 18.8. The minimum Gasteiger partial charge on any atom is -0.756 e. The number of likely N-dealkylation sites (N-methyl/N-ethyl adjacent to an activating group) is 1. The average molecular weight is 929 g/mol. The number of unbranched alkanes of at least 4 members (excludes halogenated alkanes) is 22. The van der Waals surface area contributed by atoms with Crippen molar-refractivity contribution < 1.29 is 32.9 Å². The smallest absolute Gasteiger partial charge is 0.268 e. The van der Waals surface area contributed by atoms with E-state index < -0.39 is 26.6 Å². The lowest BCUT2D eigenvalue weighted by Crippen LogP contribution is -2.45. The highest BCUT2D eigenvalue weighted by Gasteiger charge is 2.23. The van der Waals surface area contributed by atoms with Gasteiger partial charge in [0.1, 0.15) is 13.2 Å². The summed E-state index contributed by atoms with van der Waals surface area (Å²) in [5, 5.41) is 13.8. The molecule has 0 saturated heterocycles. The van der Waals surface area contributed by atoms with E-state index in [-0.39, 0.29) is 12.5 Å². The van der Waals surface area contributed by atoms with E-state index in [0.29, 0.717) is 17.4 Å². The van der Waals surface area contributed by atoms with Gasteiger partial charge in [-0.1, -0.05) is 214 Å². The number of phosphoric acid groups is 1. The van der Waals surface area contributed by atoms with E-state index in [2.05, 4.69) is 92.1 Å². The molecule has 0 bridgehead atoms. The predicted molar refractivity (Wildman–Crippen MR) is 279 cm³/mol. The van der Waals surface area contributed by atoms with Crippen LogP contribution in [0.3, 0.4) is 0 Å². The number of allylic oxidation sites excluding steroid dienone is 13. The summed E-state index contributed by atoms with van der Waals surface area (Å²) in [4.78, 5) is 25.4. The Hall–Kier alpha value is -2.32. The van der Waals surface area contributed by atoms with Crippen molar-refractivity contribution in [2.45, 2.75) is 225 Å². The fraction of sp³-hybridized carbons (Fsp3) is 0.732. The van der Waals surface area contributed by atoms with Crippen molar-refractivity contribution in [3.63, 3.8) is 0 Å². The van der Waals surface area contributed by atoms with Gasteiger partial charge in [0.15, 0.2) is 0 Å². The SMILES string of the molecule is CC/C=C\C/C=C\C/C=C\C/C=C\C/C=C\CCCCCCCCCC(=O)NC(COP(=O)([O-])OCC[N+](C)(C)C)C(O)/C=C/CC/C=C/CCCCCCCCCCCCCCCC. The number of hydrogen-bond acceptors (Lipinski definition) is 6. The van der Waals surface area contributed by atoms with E-state index in [1.54, 1.807) is 6.08 Å². The lowest BCUT2D eigenvalue weighted by Gasteiger charge is -2.29. The van der Waals surface area contributed by atoms with E-state index in [1.807, 2.05) is 27.2 Å². The van der Waals surface area contributed by atoms with Crippen molar-refractivity contribution in [3.05, 3.63) is 85.1 Å². The summed E-state index contributed by atoms with van der Waals surface area (Å²) in [5.74, 6) is -0.221. The number of amides is 1. The lowest BCUT2D eigenvalue weighted by atomic mass is 10.0. The Morgan fingerprint density at radius 3 is 1.43 bits per heavy atom. The van der Waals surface area contributed by atoms with E-state index >= 15 is 0 Å². The third-order valence-corrected chi connectivity index (χ3v) is 12.3. The molecule has 0 saturated carbocycles. The number of nitrogens with zero attached hydrogens (tertiary/aromatic N) is 1. The maximum absolute atomic E-state index is 12.9. The maximum Gasteiger partial charge on any atom is 0.268 e. The Bertz CT molecular complexity index is 1330. The van der Waals surface area contributed by atoms with Crippen LogP contribution in [0.5, 0.6) is 0 Å². The Morgan fingerprint density at radius 1 is 0.554 bits per heavy atom. The molecule has 0 rings (SSSR count). The largest absolute Gasteiger partial charge is 0.756 e. The number of phosphoric ester groups is 1. The zero-order valence-corrected chi connectivity index (χ0v) is 43.6. The molecule has 1 amide bonds. The fourth-order valence-electron chi connectivity index (χ4n) is 7.19. The van der Waals surface area contributed by atoms with Crippen LogP contribution in [0.1, 0.15) is 213 Å². The summed E-state index contributed by atoms with van der Waals surface area (Å²) in [6.45, 7) is 4.50. The Kier molecular flexibility index (Phi) is 45.1. The number of quaternary nitrogens is 1. The van der Waals surface area contributed by atoms with Crippen LogP contribution in [0.4, 0.5) is 0 Å². The molecule has 3 unspecified atom stereocenters. The second-order valence-corrected chi connectivity index (χ2v) is 20.2. The third-order valence-electron chi connectivity index (χ3n) is 11.3. The number of aliphatic hydroxyl groups excluding tert-OH is 1. The molecular weight excluding hydrogens is 828 g/mol. The zero-order valence-electron chi connectivity index (χ0n) is 42.7. The molecule has 0 aromatic rings. The summed E-state index contributed by atoms with van der Waals surface area (Å²) in [6.07, 6.45) is 65.0. The number of aliphatic hydroxyl groups is 1. The van der Waals surface area contributed by atoms with E-state index in [0.717, 1.165) is 83.5 Å². The molecular formula is C56H101N2O6P. The Labute approximate surface area is 401 Å². The number of carbonyl (C=O) groups is 1. The van der Waals surface area contributed by atoms with E-state index in [4.69, 9.17) is 9.05 Å². The van der Waals surface area contributed by atoms with E-state index in [9.17, 15) is 19.4 Å². The molecule has 0 aliphatic rings. The number of hydrogen-bond donors (Lipinski definition) is 2.